The van der Waals surface area contributed by atoms with Crippen molar-refractivity contribution in [1.29, 1.82) is 0 Å². The van der Waals surface area contributed by atoms with Gasteiger partial charge in [-0.25, -0.2) is 4.98 Å². The number of halogens is 1. The summed E-state index contributed by atoms with van der Waals surface area (Å²) in [5, 5.41) is 4.11. The van der Waals surface area contributed by atoms with Crippen LogP contribution in [0.2, 0.25) is 5.02 Å². The molecule has 4 nitrogen and oxygen atoms in total. The SMILES string of the molecule is O=C(COc1ccc2c(c1)CCCC2)Nc1ncc(Cc2ccccc2Cl)s1. The van der Waals surface area contributed by atoms with Crippen molar-refractivity contribution in [2.24, 2.45) is 0 Å². The highest BCUT2D eigenvalue weighted by molar-refractivity contribution is 7.15. The molecule has 0 bridgehead atoms. The molecule has 1 aliphatic rings. The van der Waals surface area contributed by atoms with E-state index in [1.54, 1.807) is 6.20 Å². The van der Waals surface area contributed by atoms with E-state index in [-0.39, 0.29) is 12.5 Å². The molecule has 0 atom stereocenters. The van der Waals surface area contributed by atoms with Crippen LogP contribution in [0.5, 0.6) is 5.75 Å². The lowest BCUT2D eigenvalue weighted by Gasteiger charge is -2.16. The second kappa shape index (κ2) is 8.76. The van der Waals surface area contributed by atoms with Crippen LogP contribution in [0.15, 0.2) is 48.7 Å². The van der Waals surface area contributed by atoms with Crippen LogP contribution >= 0.6 is 22.9 Å². The van der Waals surface area contributed by atoms with Crippen LogP contribution in [-0.4, -0.2) is 17.5 Å². The van der Waals surface area contributed by atoms with Gasteiger partial charge < -0.3 is 4.74 Å². The molecule has 1 aromatic heterocycles. The molecule has 3 aromatic rings. The van der Waals surface area contributed by atoms with Gasteiger partial charge in [0.25, 0.3) is 5.91 Å². The van der Waals surface area contributed by atoms with Gasteiger partial charge in [0.1, 0.15) is 5.75 Å². The summed E-state index contributed by atoms with van der Waals surface area (Å²) in [4.78, 5) is 17.5. The van der Waals surface area contributed by atoms with E-state index in [1.165, 1.54) is 35.3 Å². The molecule has 0 saturated carbocycles. The number of rotatable bonds is 6. The number of nitrogens with one attached hydrogen (secondary N) is 1. The lowest BCUT2D eigenvalue weighted by atomic mass is 9.92. The number of amides is 1. The van der Waals surface area contributed by atoms with E-state index >= 15 is 0 Å². The number of carbonyl (C=O) groups excluding carboxylic acids is 1. The highest BCUT2D eigenvalue weighted by Gasteiger charge is 2.12. The third kappa shape index (κ3) is 4.72. The van der Waals surface area contributed by atoms with Crippen LogP contribution in [0, 0.1) is 0 Å². The van der Waals surface area contributed by atoms with E-state index < -0.39 is 0 Å². The van der Waals surface area contributed by atoms with Crippen molar-refractivity contribution in [3.8, 4) is 5.75 Å². The lowest BCUT2D eigenvalue weighted by molar-refractivity contribution is -0.118. The maximum absolute atomic E-state index is 12.2. The van der Waals surface area contributed by atoms with Gasteiger partial charge in [-0.1, -0.05) is 35.9 Å². The summed E-state index contributed by atoms with van der Waals surface area (Å²) >= 11 is 7.65. The molecule has 0 unspecified atom stereocenters. The molecule has 4 rings (SSSR count). The Morgan fingerprint density at radius 2 is 1.96 bits per heavy atom. The molecule has 0 spiro atoms. The zero-order chi connectivity index (χ0) is 19.3. The Bertz CT molecular complexity index is 986. The van der Waals surface area contributed by atoms with Gasteiger partial charge in [-0.15, -0.1) is 11.3 Å². The Labute approximate surface area is 173 Å². The fourth-order valence-electron chi connectivity index (χ4n) is 3.38. The van der Waals surface area contributed by atoms with E-state index in [9.17, 15) is 4.79 Å². The molecule has 6 heteroatoms. The van der Waals surface area contributed by atoms with Crippen LogP contribution < -0.4 is 10.1 Å². The first-order valence-corrected chi connectivity index (χ1v) is 10.6. The number of benzene rings is 2. The first-order valence-electron chi connectivity index (χ1n) is 9.40. The van der Waals surface area contributed by atoms with E-state index in [0.717, 1.165) is 34.1 Å². The first-order chi connectivity index (χ1) is 13.7. The van der Waals surface area contributed by atoms with Crippen LogP contribution in [-0.2, 0) is 24.1 Å². The Hall–Kier alpha value is -2.37. The van der Waals surface area contributed by atoms with E-state index in [4.69, 9.17) is 16.3 Å². The Balaban J connectivity index is 1.31. The molecule has 0 saturated heterocycles. The monoisotopic (exact) mass is 412 g/mol. The average Bonchev–Trinajstić information content (AvgIpc) is 3.15. The van der Waals surface area contributed by atoms with Gasteiger partial charge in [0.15, 0.2) is 11.7 Å². The highest BCUT2D eigenvalue weighted by Crippen LogP contribution is 2.26. The summed E-state index contributed by atoms with van der Waals surface area (Å²) in [7, 11) is 0. The van der Waals surface area contributed by atoms with Crippen LogP contribution in [0.4, 0.5) is 5.13 Å². The predicted octanol–water partition coefficient (Wildman–Crippen LogP) is 5.28. The molecule has 1 N–H and O–H groups in total. The molecule has 144 valence electrons. The van der Waals surface area contributed by atoms with Gasteiger partial charge in [0.05, 0.1) is 0 Å². The average molecular weight is 413 g/mol. The molecule has 1 heterocycles. The zero-order valence-corrected chi connectivity index (χ0v) is 17.0. The highest BCUT2D eigenvalue weighted by atomic mass is 35.5. The molecule has 0 fully saturated rings. The third-order valence-corrected chi connectivity index (χ3v) is 6.09. The third-order valence-electron chi connectivity index (χ3n) is 4.81. The maximum atomic E-state index is 12.2. The second-order valence-electron chi connectivity index (χ2n) is 6.87. The van der Waals surface area contributed by atoms with E-state index in [2.05, 4.69) is 22.4 Å². The van der Waals surface area contributed by atoms with Gasteiger partial charge in [-0.3, -0.25) is 10.1 Å². The summed E-state index contributed by atoms with van der Waals surface area (Å²) in [6.45, 7) is -0.0296. The van der Waals surface area contributed by atoms with E-state index in [1.807, 2.05) is 30.3 Å². The van der Waals surface area contributed by atoms with Crippen molar-refractivity contribution in [3.63, 3.8) is 0 Å². The summed E-state index contributed by atoms with van der Waals surface area (Å²) in [6.07, 6.45) is 7.16. The zero-order valence-electron chi connectivity index (χ0n) is 15.4. The topological polar surface area (TPSA) is 51.2 Å². The van der Waals surface area contributed by atoms with Gasteiger partial charge in [-0.05, 0) is 60.6 Å². The normalized spacial score (nSPS) is 13.0. The largest absolute Gasteiger partial charge is 0.484 e. The van der Waals surface area contributed by atoms with Gasteiger partial charge in [0.2, 0.25) is 0 Å². The van der Waals surface area contributed by atoms with E-state index in [0.29, 0.717) is 11.6 Å². The summed E-state index contributed by atoms with van der Waals surface area (Å²) < 4.78 is 5.67. The standard InChI is InChI=1S/C22H21ClN2O2S/c23-20-8-4-3-7-17(20)12-19-13-24-22(28-19)25-21(26)14-27-18-10-9-15-5-1-2-6-16(15)11-18/h3-4,7-11,13H,1-2,5-6,12,14H2,(H,24,25,26). The minimum Gasteiger partial charge on any atom is -0.484 e. The van der Waals surface area contributed by atoms with Crippen LogP contribution in [0.1, 0.15) is 34.4 Å². The van der Waals surface area contributed by atoms with Crippen molar-refractivity contribution in [2.75, 3.05) is 11.9 Å². The fourth-order valence-corrected chi connectivity index (χ4v) is 4.43. The molecular weight excluding hydrogens is 392 g/mol. The minimum atomic E-state index is -0.212. The number of aryl methyl sites for hydroxylation is 2. The van der Waals surface area contributed by atoms with Crippen molar-refractivity contribution < 1.29 is 9.53 Å². The van der Waals surface area contributed by atoms with Crippen LogP contribution in [0.25, 0.3) is 0 Å². The molecule has 0 radical (unpaired) electrons. The number of nitrogens with zero attached hydrogens (tertiary/aromatic N) is 1. The van der Waals surface area contributed by atoms with Crippen LogP contribution in [0.3, 0.4) is 0 Å². The number of thiazole rings is 1. The Morgan fingerprint density at radius 3 is 2.82 bits per heavy atom. The number of aromatic nitrogens is 1. The number of carbonyl (C=O) groups is 1. The lowest BCUT2D eigenvalue weighted by Crippen LogP contribution is -2.20. The van der Waals surface area contributed by atoms with Gasteiger partial charge >= 0.3 is 0 Å². The molecule has 28 heavy (non-hydrogen) atoms. The molecule has 0 aliphatic heterocycles. The number of ether oxygens (including phenoxy) is 1. The van der Waals surface area contributed by atoms with Gasteiger partial charge in [0, 0.05) is 22.5 Å². The molecule has 1 aliphatic carbocycles. The van der Waals surface area contributed by atoms with Crippen molar-refractivity contribution in [3.05, 3.63) is 75.3 Å². The quantitative estimate of drug-likeness (QED) is 0.599. The number of hydrogen-bond donors (Lipinski definition) is 1. The summed E-state index contributed by atoms with van der Waals surface area (Å²) in [6, 6.07) is 13.9. The summed E-state index contributed by atoms with van der Waals surface area (Å²) in [5.74, 6) is 0.533. The van der Waals surface area contributed by atoms with Crippen molar-refractivity contribution >= 4 is 34.0 Å². The minimum absolute atomic E-state index is 0.0296. The Morgan fingerprint density at radius 1 is 1.14 bits per heavy atom. The molecular formula is C22H21ClN2O2S. The number of hydrogen-bond acceptors (Lipinski definition) is 4. The van der Waals surface area contributed by atoms with Crippen molar-refractivity contribution in [2.45, 2.75) is 32.1 Å². The summed E-state index contributed by atoms with van der Waals surface area (Å²) in [5.41, 5.74) is 3.78. The fraction of sp³-hybridized carbons (Fsp3) is 0.273. The van der Waals surface area contributed by atoms with Crippen molar-refractivity contribution in [1.82, 2.24) is 4.98 Å². The molecule has 2 aromatic carbocycles. The van der Waals surface area contributed by atoms with Gasteiger partial charge in [-0.2, -0.15) is 0 Å². The predicted molar refractivity (Wildman–Crippen MR) is 114 cm³/mol. The smallest absolute Gasteiger partial charge is 0.264 e. The number of anilines is 1. The Kier molecular flexibility index (Phi) is 5.93. The molecule has 1 amide bonds. The second-order valence-corrected chi connectivity index (χ2v) is 8.40. The maximum Gasteiger partial charge on any atom is 0.264 e. The number of fused-ring (bicyclic) bond motifs is 1. The first kappa shape index (κ1) is 19.0.